The van der Waals surface area contributed by atoms with Gasteiger partial charge in [-0.15, -0.1) is 0 Å². The SMILES string of the molecule is CCCCCCCCCCCCC(OP(O)O)[C@@H](N)C(C)C. The largest absolute Gasteiger partial charge is 0.328 e. The molecular formula is C17H38NO3P. The standard InChI is InChI=1S/C17H38NO3P/c1-4-5-6-7-8-9-10-11-12-13-14-16(21-22(19)20)17(18)15(2)3/h15-17,19-20H,4-14,18H2,1-3H3/t16?,17-/m0/s1. The second-order valence-electron chi connectivity index (χ2n) is 6.69. The normalized spacial score (nSPS) is 14.7. The van der Waals surface area contributed by atoms with Crippen molar-refractivity contribution >= 4 is 8.60 Å². The van der Waals surface area contributed by atoms with Crippen LogP contribution in [-0.2, 0) is 4.52 Å². The first-order valence-corrected chi connectivity index (χ1v) is 10.3. The molecule has 0 saturated carbocycles. The molecule has 0 aliphatic carbocycles. The van der Waals surface area contributed by atoms with Crippen molar-refractivity contribution < 1.29 is 14.3 Å². The van der Waals surface area contributed by atoms with Gasteiger partial charge in [0.05, 0.1) is 6.10 Å². The van der Waals surface area contributed by atoms with E-state index in [1.165, 1.54) is 57.8 Å². The maximum atomic E-state index is 9.06. The van der Waals surface area contributed by atoms with Crippen LogP contribution in [0, 0.1) is 5.92 Å². The summed E-state index contributed by atoms with van der Waals surface area (Å²) in [6.07, 6.45) is 13.5. The highest BCUT2D eigenvalue weighted by molar-refractivity contribution is 7.39. The third-order valence-electron chi connectivity index (χ3n) is 4.27. The van der Waals surface area contributed by atoms with E-state index in [1.807, 2.05) is 13.8 Å². The van der Waals surface area contributed by atoms with Crippen molar-refractivity contribution in [1.29, 1.82) is 0 Å². The van der Waals surface area contributed by atoms with Crippen LogP contribution in [-0.4, -0.2) is 21.9 Å². The van der Waals surface area contributed by atoms with Crippen LogP contribution < -0.4 is 5.73 Å². The Morgan fingerprint density at radius 2 is 1.32 bits per heavy atom. The molecule has 0 fully saturated rings. The van der Waals surface area contributed by atoms with Gasteiger partial charge in [0.15, 0.2) is 0 Å². The molecule has 1 unspecified atom stereocenters. The third-order valence-corrected chi connectivity index (χ3v) is 4.73. The first kappa shape index (κ1) is 22.3. The molecule has 0 aromatic heterocycles. The fraction of sp³-hybridized carbons (Fsp3) is 1.00. The van der Waals surface area contributed by atoms with Gasteiger partial charge in [0.2, 0.25) is 0 Å². The first-order valence-electron chi connectivity index (χ1n) is 9.09. The minimum atomic E-state index is -2.31. The Balaban J connectivity index is 3.63. The second kappa shape index (κ2) is 14.8. The number of hydrogen-bond donors (Lipinski definition) is 3. The third kappa shape index (κ3) is 12.8. The highest BCUT2D eigenvalue weighted by Crippen LogP contribution is 2.31. The Morgan fingerprint density at radius 3 is 1.73 bits per heavy atom. The Bertz CT molecular complexity index is 240. The molecule has 0 bridgehead atoms. The smallest absolute Gasteiger partial charge is 0.327 e. The molecule has 0 saturated heterocycles. The van der Waals surface area contributed by atoms with Gasteiger partial charge in [0, 0.05) is 6.04 Å². The van der Waals surface area contributed by atoms with Gasteiger partial charge >= 0.3 is 8.60 Å². The zero-order valence-corrected chi connectivity index (χ0v) is 15.7. The van der Waals surface area contributed by atoms with Crippen molar-refractivity contribution in [1.82, 2.24) is 0 Å². The monoisotopic (exact) mass is 335 g/mol. The summed E-state index contributed by atoms with van der Waals surface area (Å²) >= 11 is 0. The molecule has 0 rings (SSSR count). The molecule has 0 radical (unpaired) electrons. The second-order valence-corrected chi connectivity index (χ2v) is 7.40. The van der Waals surface area contributed by atoms with Gasteiger partial charge in [0.1, 0.15) is 0 Å². The zero-order chi connectivity index (χ0) is 16.8. The van der Waals surface area contributed by atoms with Crippen LogP contribution in [0.5, 0.6) is 0 Å². The fourth-order valence-corrected chi connectivity index (χ4v) is 3.19. The summed E-state index contributed by atoms with van der Waals surface area (Å²) in [5.41, 5.74) is 6.09. The van der Waals surface area contributed by atoms with Gasteiger partial charge in [-0.2, -0.15) is 0 Å². The Labute approximate surface area is 138 Å². The molecule has 0 spiro atoms. The molecule has 5 heteroatoms. The van der Waals surface area contributed by atoms with E-state index in [2.05, 4.69) is 6.92 Å². The molecule has 0 aliphatic rings. The summed E-state index contributed by atoms with van der Waals surface area (Å²) in [5.74, 6) is 0.281. The van der Waals surface area contributed by atoms with Crippen molar-refractivity contribution in [2.24, 2.45) is 11.7 Å². The summed E-state index contributed by atoms with van der Waals surface area (Å²) in [6.45, 7) is 6.33. The predicted octanol–water partition coefficient (Wildman–Crippen LogP) is 4.88. The van der Waals surface area contributed by atoms with Crippen LogP contribution in [0.3, 0.4) is 0 Å². The molecule has 0 aromatic rings. The van der Waals surface area contributed by atoms with Gasteiger partial charge in [-0.1, -0.05) is 85.0 Å². The van der Waals surface area contributed by atoms with E-state index >= 15 is 0 Å². The molecule has 0 aliphatic heterocycles. The van der Waals surface area contributed by atoms with E-state index in [1.54, 1.807) is 0 Å². The van der Waals surface area contributed by atoms with Gasteiger partial charge in [-0.25, -0.2) is 0 Å². The van der Waals surface area contributed by atoms with Crippen molar-refractivity contribution in [3.63, 3.8) is 0 Å². The number of hydrogen-bond acceptors (Lipinski definition) is 4. The first-order chi connectivity index (χ1) is 10.5. The summed E-state index contributed by atoms with van der Waals surface area (Å²) in [6, 6.07) is -0.136. The van der Waals surface area contributed by atoms with Crippen LogP contribution in [0.1, 0.15) is 91.4 Å². The van der Waals surface area contributed by atoms with Crippen LogP contribution in [0.2, 0.25) is 0 Å². The number of rotatable bonds is 15. The van der Waals surface area contributed by atoms with Gasteiger partial charge in [-0.05, 0) is 12.3 Å². The van der Waals surface area contributed by atoms with E-state index in [0.717, 1.165) is 12.8 Å². The Morgan fingerprint density at radius 1 is 0.864 bits per heavy atom. The Kier molecular flexibility index (Phi) is 15.0. The maximum absolute atomic E-state index is 9.06. The molecule has 4 nitrogen and oxygen atoms in total. The molecule has 134 valence electrons. The zero-order valence-electron chi connectivity index (χ0n) is 14.8. The molecule has 0 heterocycles. The maximum Gasteiger partial charge on any atom is 0.327 e. The van der Waals surface area contributed by atoms with Crippen molar-refractivity contribution in [2.75, 3.05) is 0 Å². The summed E-state index contributed by atoms with van der Waals surface area (Å²) in [4.78, 5) is 18.1. The Hall–Kier alpha value is 0.270. The molecule has 22 heavy (non-hydrogen) atoms. The number of nitrogens with two attached hydrogens (primary N) is 1. The van der Waals surface area contributed by atoms with Gasteiger partial charge < -0.3 is 20.0 Å². The van der Waals surface area contributed by atoms with Crippen LogP contribution in [0.4, 0.5) is 0 Å². The van der Waals surface area contributed by atoms with E-state index in [0.29, 0.717) is 0 Å². The molecule has 4 N–H and O–H groups in total. The lowest BCUT2D eigenvalue weighted by molar-refractivity contribution is 0.118. The average Bonchev–Trinajstić information content (AvgIpc) is 2.46. The van der Waals surface area contributed by atoms with Crippen molar-refractivity contribution in [3.8, 4) is 0 Å². The molecule has 2 atom stereocenters. The molecular weight excluding hydrogens is 297 g/mol. The van der Waals surface area contributed by atoms with Crippen LogP contribution in [0.15, 0.2) is 0 Å². The van der Waals surface area contributed by atoms with Crippen LogP contribution in [0.25, 0.3) is 0 Å². The summed E-state index contributed by atoms with van der Waals surface area (Å²) < 4.78 is 5.21. The van der Waals surface area contributed by atoms with Crippen molar-refractivity contribution in [3.05, 3.63) is 0 Å². The van der Waals surface area contributed by atoms with E-state index < -0.39 is 8.60 Å². The minimum Gasteiger partial charge on any atom is -0.328 e. The molecule has 0 aromatic carbocycles. The predicted molar refractivity (Wildman–Crippen MR) is 95.5 cm³/mol. The van der Waals surface area contributed by atoms with E-state index in [-0.39, 0.29) is 18.1 Å². The highest BCUT2D eigenvalue weighted by atomic mass is 31.2. The lowest BCUT2D eigenvalue weighted by Crippen LogP contribution is -2.40. The van der Waals surface area contributed by atoms with Crippen LogP contribution >= 0.6 is 8.60 Å². The molecule has 0 amide bonds. The summed E-state index contributed by atoms with van der Waals surface area (Å²) in [7, 11) is -2.31. The average molecular weight is 335 g/mol. The lowest BCUT2D eigenvalue weighted by atomic mass is 9.95. The summed E-state index contributed by atoms with van der Waals surface area (Å²) in [5, 5.41) is 0. The quantitative estimate of drug-likeness (QED) is 0.294. The van der Waals surface area contributed by atoms with Gasteiger partial charge in [0.25, 0.3) is 0 Å². The minimum absolute atomic E-state index is 0.136. The lowest BCUT2D eigenvalue weighted by Gasteiger charge is -2.26. The van der Waals surface area contributed by atoms with E-state index in [9.17, 15) is 0 Å². The topological polar surface area (TPSA) is 75.7 Å². The highest BCUT2D eigenvalue weighted by Gasteiger charge is 2.23. The fourth-order valence-electron chi connectivity index (χ4n) is 2.70. The number of unbranched alkanes of at least 4 members (excludes halogenated alkanes) is 9. The van der Waals surface area contributed by atoms with E-state index in [4.69, 9.17) is 20.0 Å². The van der Waals surface area contributed by atoms with Crippen molar-refractivity contribution in [2.45, 2.75) is 104 Å². The van der Waals surface area contributed by atoms with Gasteiger partial charge in [-0.3, -0.25) is 0 Å².